The summed E-state index contributed by atoms with van der Waals surface area (Å²) in [5, 5.41) is 24.7. The summed E-state index contributed by atoms with van der Waals surface area (Å²) in [7, 11) is 0. The van der Waals surface area contributed by atoms with Gasteiger partial charge in [-0.15, -0.1) is 0 Å². The number of carbonyl (C=O) groups excluding carboxylic acids is 2. The van der Waals surface area contributed by atoms with E-state index in [0.29, 0.717) is 29.5 Å². The largest absolute Gasteiger partial charge is 0.481 e. The SMILES string of the molecule is Cc1cc2[nH]c1C=c1[nH]c(c(CCC(=O)O)c1C)=Cc1[nH]c(c(C)c1CCC(=O)O)C=c1cc(C)c([nH]1)=C2C(=O)CCNC(=O)CCN. The molecule has 0 saturated carbocycles. The molecule has 252 valence electrons. The van der Waals surface area contributed by atoms with Gasteiger partial charge in [-0.3, -0.25) is 19.2 Å². The number of carboxylic acids is 2. The fourth-order valence-electron chi connectivity index (χ4n) is 6.31. The molecule has 4 aromatic rings. The maximum absolute atomic E-state index is 13.9. The van der Waals surface area contributed by atoms with Crippen LogP contribution >= 0.6 is 0 Å². The number of H-pyrrole nitrogens is 4. The maximum atomic E-state index is 13.9. The zero-order valence-corrected chi connectivity index (χ0v) is 27.6. The third kappa shape index (κ3) is 7.28. The molecule has 1 aliphatic rings. The molecule has 0 aromatic carbocycles. The number of hydrogen-bond donors (Lipinski definition) is 8. The van der Waals surface area contributed by atoms with Gasteiger partial charge < -0.3 is 41.2 Å². The molecular formula is C36H42N6O6. The molecule has 5 rings (SSSR count). The van der Waals surface area contributed by atoms with Crippen molar-refractivity contribution in [2.45, 2.75) is 66.2 Å². The first-order valence-electron chi connectivity index (χ1n) is 16.0. The number of aliphatic carboxylic acids is 2. The molecule has 5 heterocycles. The minimum atomic E-state index is -0.906. The number of nitrogens with one attached hydrogen (secondary N) is 5. The van der Waals surface area contributed by atoms with E-state index >= 15 is 0 Å². The lowest BCUT2D eigenvalue weighted by Gasteiger charge is -2.07. The van der Waals surface area contributed by atoms with Crippen molar-refractivity contribution in [3.05, 3.63) is 89.7 Å². The van der Waals surface area contributed by atoms with Crippen LogP contribution in [-0.4, -0.2) is 66.9 Å². The number of rotatable bonds is 12. The topological polar surface area (TPSA) is 210 Å². The number of aryl methyl sites for hydroxylation is 2. The Morgan fingerprint density at radius 1 is 0.708 bits per heavy atom. The highest BCUT2D eigenvalue weighted by Gasteiger charge is 2.20. The highest BCUT2D eigenvalue weighted by atomic mass is 16.4. The molecule has 12 heteroatoms. The third-order valence-electron chi connectivity index (χ3n) is 8.89. The number of Topliss-reactive ketones (excluding diaryl/α,β-unsaturated/α-hetero) is 1. The van der Waals surface area contributed by atoms with Gasteiger partial charge in [-0.2, -0.15) is 0 Å². The van der Waals surface area contributed by atoms with Gasteiger partial charge in [0.2, 0.25) is 5.91 Å². The van der Waals surface area contributed by atoms with Gasteiger partial charge in [0.05, 0.1) is 16.6 Å². The normalized spacial score (nSPS) is 12.2. The molecule has 1 amide bonds. The zero-order valence-electron chi connectivity index (χ0n) is 27.6. The van der Waals surface area contributed by atoms with Gasteiger partial charge in [0.15, 0.2) is 5.78 Å². The van der Waals surface area contributed by atoms with E-state index < -0.39 is 11.9 Å². The van der Waals surface area contributed by atoms with Crippen LogP contribution in [0.25, 0.3) is 23.8 Å². The van der Waals surface area contributed by atoms with Crippen LogP contribution in [0.15, 0.2) is 12.1 Å². The van der Waals surface area contributed by atoms with Crippen molar-refractivity contribution in [2.24, 2.45) is 5.73 Å². The van der Waals surface area contributed by atoms with Crippen molar-refractivity contribution in [1.29, 1.82) is 0 Å². The number of nitrogens with two attached hydrogens (primary N) is 1. The van der Waals surface area contributed by atoms with Crippen LogP contribution in [0.3, 0.4) is 0 Å². The minimum absolute atomic E-state index is 0.0549. The van der Waals surface area contributed by atoms with Gasteiger partial charge in [0, 0.05) is 71.9 Å². The first-order chi connectivity index (χ1) is 22.9. The number of aromatic amines is 4. The van der Waals surface area contributed by atoms with Gasteiger partial charge in [-0.25, -0.2) is 0 Å². The van der Waals surface area contributed by atoms with Crippen LogP contribution in [-0.2, 0) is 32.0 Å². The highest BCUT2D eigenvalue weighted by molar-refractivity contribution is 6.20. The second kappa shape index (κ2) is 14.2. The molecule has 9 N–H and O–H groups in total. The molecule has 0 fully saturated rings. The Kier molecular flexibility index (Phi) is 10.0. The number of amides is 1. The Hall–Kier alpha value is -5.36. The van der Waals surface area contributed by atoms with E-state index in [4.69, 9.17) is 5.73 Å². The summed E-state index contributed by atoms with van der Waals surface area (Å²) in [4.78, 5) is 63.0. The third-order valence-corrected chi connectivity index (χ3v) is 8.89. The smallest absolute Gasteiger partial charge is 0.303 e. The number of ketones is 1. The molecule has 0 aliphatic carbocycles. The van der Waals surface area contributed by atoms with Crippen LogP contribution in [0.2, 0.25) is 0 Å². The number of carboxylic acid groups (broad SMARTS) is 2. The van der Waals surface area contributed by atoms with Crippen LogP contribution in [0.4, 0.5) is 0 Å². The Morgan fingerprint density at radius 2 is 1.40 bits per heavy atom. The summed E-state index contributed by atoms with van der Waals surface area (Å²) >= 11 is 0. The molecule has 12 nitrogen and oxygen atoms in total. The lowest BCUT2D eigenvalue weighted by atomic mass is 10.0. The van der Waals surface area contributed by atoms with E-state index in [9.17, 15) is 29.4 Å². The first-order valence-corrected chi connectivity index (χ1v) is 16.0. The monoisotopic (exact) mass is 654 g/mol. The molecule has 8 bridgehead atoms. The fraction of sp³-hybridized carbons (Fsp3) is 0.333. The quantitative estimate of drug-likeness (QED) is 0.109. The minimum Gasteiger partial charge on any atom is -0.481 e. The van der Waals surface area contributed by atoms with Crippen LogP contribution in [0, 0.1) is 27.7 Å². The second-order valence-corrected chi connectivity index (χ2v) is 12.3. The summed E-state index contributed by atoms with van der Waals surface area (Å²) in [6, 6.07) is 3.89. The van der Waals surface area contributed by atoms with E-state index in [1.807, 2.05) is 58.1 Å². The number of hydrogen-bond acceptors (Lipinski definition) is 5. The Balaban J connectivity index is 1.79. The van der Waals surface area contributed by atoms with Crippen molar-refractivity contribution >= 4 is 47.4 Å². The maximum Gasteiger partial charge on any atom is 0.303 e. The summed E-state index contributed by atoms with van der Waals surface area (Å²) < 4.78 is 0. The van der Waals surface area contributed by atoms with Crippen molar-refractivity contribution in [3.63, 3.8) is 0 Å². The first kappa shape index (κ1) is 34.0. The summed E-state index contributed by atoms with van der Waals surface area (Å²) in [6.07, 6.45) is 6.57. The fourth-order valence-corrected chi connectivity index (χ4v) is 6.31. The van der Waals surface area contributed by atoms with Crippen LogP contribution < -0.4 is 32.4 Å². The summed E-state index contributed by atoms with van der Waals surface area (Å²) in [5.74, 6) is -2.18. The van der Waals surface area contributed by atoms with Crippen LogP contribution in [0.1, 0.15) is 81.8 Å². The van der Waals surface area contributed by atoms with Crippen molar-refractivity contribution in [1.82, 2.24) is 25.3 Å². The number of aromatic nitrogens is 4. The molecule has 0 atom stereocenters. The van der Waals surface area contributed by atoms with Gasteiger partial charge >= 0.3 is 11.9 Å². The van der Waals surface area contributed by atoms with Gasteiger partial charge in [-0.1, -0.05) is 0 Å². The molecule has 0 radical (unpaired) electrons. The predicted molar refractivity (Wildman–Crippen MR) is 182 cm³/mol. The average molecular weight is 655 g/mol. The molecule has 0 unspecified atom stereocenters. The lowest BCUT2D eigenvalue weighted by Crippen LogP contribution is -2.29. The standard InChI is InChI=1S/C36H42N6O6/c1-18-14-30-35(31(43)10-12-38-32(44)9-11-37)36-19(2)13-22(39-36)15-26-20(3)23(5-7-33(45)46)28(41-26)17-29-24(6-8-34(47)48)21(4)27(42-29)16-25(18)40-30/h13-17,39-42H,5-12,37H2,1-4H3,(H,38,44)(H,45,46)(H,47,48). The van der Waals surface area contributed by atoms with E-state index in [2.05, 4.69) is 25.3 Å². The molecule has 0 saturated heterocycles. The highest BCUT2D eigenvalue weighted by Crippen LogP contribution is 2.23. The predicted octanol–water partition coefficient (Wildman–Crippen LogP) is 0.690. The Bertz CT molecular complexity index is 2170. The Labute approximate surface area is 276 Å². The average Bonchev–Trinajstić information content (AvgIpc) is 3.72. The molecule has 4 aromatic heterocycles. The molecular weight excluding hydrogens is 612 g/mol. The molecule has 48 heavy (non-hydrogen) atoms. The van der Waals surface area contributed by atoms with E-state index in [-0.39, 0.29) is 50.5 Å². The number of fused-ring (bicyclic) bond motifs is 8. The van der Waals surface area contributed by atoms with Gasteiger partial charge in [-0.05, 0) is 104 Å². The molecule has 1 aliphatic heterocycles. The van der Waals surface area contributed by atoms with E-state index in [0.717, 1.165) is 66.5 Å². The zero-order chi connectivity index (χ0) is 34.7. The van der Waals surface area contributed by atoms with Crippen molar-refractivity contribution in [2.75, 3.05) is 13.1 Å². The summed E-state index contributed by atoms with van der Waals surface area (Å²) in [5.41, 5.74) is 14.1. The lowest BCUT2D eigenvalue weighted by molar-refractivity contribution is -0.138. The Morgan fingerprint density at radius 3 is 2.08 bits per heavy atom. The van der Waals surface area contributed by atoms with Crippen LogP contribution in [0.5, 0.6) is 0 Å². The molecule has 0 spiro atoms. The van der Waals surface area contributed by atoms with Gasteiger partial charge in [0.1, 0.15) is 0 Å². The van der Waals surface area contributed by atoms with Gasteiger partial charge in [0.25, 0.3) is 0 Å². The van der Waals surface area contributed by atoms with E-state index in [1.165, 1.54) is 0 Å². The van der Waals surface area contributed by atoms with E-state index in [1.54, 1.807) is 0 Å². The van der Waals surface area contributed by atoms with Crippen molar-refractivity contribution < 1.29 is 29.4 Å². The summed E-state index contributed by atoms with van der Waals surface area (Å²) in [6.45, 7) is 8.15. The second-order valence-electron chi connectivity index (χ2n) is 12.3. The van der Waals surface area contributed by atoms with Crippen molar-refractivity contribution in [3.8, 4) is 0 Å². The number of carbonyl (C=O) groups is 4.